The van der Waals surface area contributed by atoms with Gasteiger partial charge in [-0.15, -0.1) is 0 Å². The second-order valence-corrected chi connectivity index (χ2v) is 8.27. The SMILES string of the molecule is O=C(C=Cc1ccc(-c2cccc(Cl)c2Cl)o1)NC(=S)Nc1c(Cl)cc(Cl)cc1Cl. The van der Waals surface area contributed by atoms with Crippen LogP contribution in [-0.2, 0) is 4.79 Å². The minimum absolute atomic E-state index is 0.0154. The Balaban J connectivity index is 1.63. The second kappa shape index (κ2) is 10.1. The number of hydrogen-bond acceptors (Lipinski definition) is 3. The molecule has 0 bridgehead atoms. The lowest BCUT2D eigenvalue weighted by Crippen LogP contribution is -2.33. The highest BCUT2D eigenvalue weighted by Gasteiger charge is 2.12. The van der Waals surface area contributed by atoms with Crippen molar-refractivity contribution < 1.29 is 9.21 Å². The van der Waals surface area contributed by atoms with Gasteiger partial charge >= 0.3 is 0 Å². The summed E-state index contributed by atoms with van der Waals surface area (Å²) in [4.78, 5) is 12.1. The van der Waals surface area contributed by atoms with Gasteiger partial charge in [0.1, 0.15) is 11.5 Å². The monoisotopic (exact) mass is 518 g/mol. The van der Waals surface area contributed by atoms with E-state index < -0.39 is 5.91 Å². The number of rotatable bonds is 4. The van der Waals surface area contributed by atoms with Crippen LogP contribution in [0.25, 0.3) is 17.4 Å². The van der Waals surface area contributed by atoms with Gasteiger partial charge in [0.15, 0.2) is 5.11 Å². The average molecular weight is 521 g/mol. The summed E-state index contributed by atoms with van der Waals surface area (Å²) < 4.78 is 5.69. The van der Waals surface area contributed by atoms with Crippen LogP contribution in [0.4, 0.5) is 5.69 Å². The number of furan rings is 1. The molecule has 4 nitrogen and oxygen atoms in total. The van der Waals surface area contributed by atoms with E-state index >= 15 is 0 Å². The highest BCUT2D eigenvalue weighted by atomic mass is 35.5. The van der Waals surface area contributed by atoms with E-state index in [1.165, 1.54) is 24.3 Å². The summed E-state index contributed by atoms with van der Waals surface area (Å²) in [6.45, 7) is 0. The van der Waals surface area contributed by atoms with Crippen LogP contribution in [0.2, 0.25) is 25.1 Å². The predicted molar refractivity (Wildman–Crippen MR) is 129 cm³/mol. The Morgan fingerprint density at radius 2 is 1.67 bits per heavy atom. The zero-order chi connectivity index (χ0) is 21.8. The molecule has 10 heteroatoms. The molecule has 0 fully saturated rings. The van der Waals surface area contributed by atoms with Crippen molar-refractivity contribution in [3.8, 4) is 11.3 Å². The van der Waals surface area contributed by atoms with Crippen molar-refractivity contribution >= 4 is 93.0 Å². The van der Waals surface area contributed by atoms with E-state index in [0.717, 1.165) is 0 Å². The molecule has 0 saturated heterocycles. The van der Waals surface area contributed by atoms with Gasteiger partial charge < -0.3 is 9.73 Å². The number of thiocarbonyl (C=S) groups is 1. The molecule has 0 aliphatic heterocycles. The molecule has 3 rings (SSSR count). The van der Waals surface area contributed by atoms with Gasteiger partial charge in [-0.25, -0.2) is 0 Å². The number of halogens is 5. The Hall–Kier alpha value is -1.73. The fraction of sp³-hybridized carbons (Fsp3) is 0. The standard InChI is InChI=1S/C20H11Cl5N2O2S/c21-10-8-14(23)19(15(24)9-10)27-20(30)26-17(28)7-5-11-4-6-16(29-11)12-2-1-3-13(22)18(12)25/h1-9H,(H2,26,27,28,30). The average Bonchev–Trinajstić information content (AvgIpc) is 3.14. The minimum atomic E-state index is -0.479. The molecule has 1 aromatic heterocycles. The molecule has 1 amide bonds. The van der Waals surface area contributed by atoms with E-state index in [4.69, 9.17) is 74.6 Å². The fourth-order valence-corrected chi connectivity index (χ4v) is 3.91. The number of benzene rings is 2. The number of carbonyl (C=O) groups is 1. The summed E-state index contributed by atoms with van der Waals surface area (Å²) in [6.07, 6.45) is 2.75. The molecule has 30 heavy (non-hydrogen) atoms. The fourth-order valence-electron chi connectivity index (χ4n) is 2.40. The van der Waals surface area contributed by atoms with E-state index in [0.29, 0.717) is 37.8 Å². The summed E-state index contributed by atoms with van der Waals surface area (Å²) >= 11 is 35.4. The van der Waals surface area contributed by atoms with Crippen LogP contribution in [0.15, 0.2) is 53.0 Å². The zero-order valence-electron chi connectivity index (χ0n) is 14.8. The number of anilines is 1. The predicted octanol–water partition coefficient (Wildman–Crippen LogP) is 7.74. The Morgan fingerprint density at radius 3 is 2.37 bits per heavy atom. The van der Waals surface area contributed by atoms with Crippen LogP contribution in [0, 0.1) is 0 Å². The van der Waals surface area contributed by atoms with Crippen LogP contribution in [-0.4, -0.2) is 11.0 Å². The summed E-state index contributed by atoms with van der Waals surface area (Å²) in [7, 11) is 0. The second-order valence-electron chi connectivity index (χ2n) is 5.82. The third kappa shape index (κ3) is 5.70. The highest BCUT2D eigenvalue weighted by Crippen LogP contribution is 2.35. The minimum Gasteiger partial charge on any atom is -0.457 e. The van der Waals surface area contributed by atoms with Gasteiger partial charge in [0.05, 0.1) is 25.8 Å². The van der Waals surface area contributed by atoms with Gasteiger partial charge in [0.2, 0.25) is 5.91 Å². The maximum Gasteiger partial charge on any atom is 0.250 e. The van der Waals surface area contributed by atoms with Crippen molar-refractivity contribution in [1.82, 2.24) is 5.32 Å². The van der Waals surface area contributed by atoms with Gasteiger partial charge in [0, 0.05) is 16.7 Å². The molecule has 0 aliphatic carbocycles. The van der Waals surface area contributed by atoms with Crippen LogP contribution < -0.4 is 10.6 Å². The van der Waals surface area contributed by atoms with Crippen LogP contribution in [0.1, 0.15) is 5.76 Å². The van der Waals surface area contributed by atoms with Gasteiger partial charge in [0.25, 0.3) is 0 Å². The Kier molecular flexibility index (Phi) is 7.69. The van der Waals surface area contributed by atoms with Crippen LogP contribution in [0.5, 0.6) is 0 Å². The molecule has 0 unspecified atom stereocenters. The van der Waals surface area contributed by atoms with E-state index in [1.54, 1.807) is 30.3 Å². The lowest BCUT2D eigenvalue weighted by atomic mass is 10.2. The van der Waals surface area contributed by atoms with E-state index in [9.17, 15) is 4.79 Å². The molecule has 2 aromatic carbocycles. The lowest BCUT2D eigenvalue weighted by molar-refractivity contribution is -0.115. The maximum atomic E-state index is 12.1. The smallest absolute Gasteiger partial charge is 0.250 e. The van der Waals surface area contributed by atoms with Gasteiger partial charge in [-0.2, -0.15) is 0 Å². The van der Waals surface area contributed by atoms with E-state index in [-0.39, 0.29) is 15.2 Å². The van der Waals surface area contributed by atoms with E-state index in [2.05, 4.69) is 10.6 Å². The molecule has 1 heterocycles. The number of hydrogen-bond donors (Lipinski definition) is 2. The molecule has 3 aromatic rings. The molecular weight excluding hydrogens is 510 g/mol. The van der Waals surface area contributed by atoms with Crippen molar-refractivity contribution in [2.75, 3.05) is 5.32 Å². The van der Waals surface area contributed by atoms with Crippen molar-refractivity contribution in [3.05, 3.63) is 79.4 Å². The first-order chi connectivity index (χ1) is 14.2. The van der Waals surface area contributed by atoms with Crippen LogP contribution in [0.3, 0.4) is 0 Å². The summed E-state index contributed by atoms with van der Waals surface area (Å²) in [6, 6.07) is 11.7. The van der Waals surface area contributed by atoms with E-state index in [1.807, 2.05) is 0 Å². The quantitative estimate of drug-likeness (QED) is 0.273. The number of nitrogens with one attached hydrogen (secondary N) is 2. The largest absolute Gasteiger partial charge is 0.457 e. The first-order valence-corrected chi connectivity index (χ1v) is 10.5. The van der Waals surface area contributed by atoms with Crippen molar-refractivity contribution in [2.24, 2.45) is 0 Å². The lowest BCUT2D eigenvalue weighted by Gasteiger charge is -2.11. The Labute approximate surface area is 202 Å². The Morgan fingerprint density at radius 1 is 0.967 bits per heavy atom. The summed E-state index contributed by atoms with van der Waals surface area (Å²) in [5, 5.41) is 6.99. The molecule has 154 valence electrons. The van der Waals surface area contributed by atoms with Crippen molar-refractivity contribution in [3.63, 3.8) is 0 Å². The molecule has 0 atom stereocenters. The molecule has 0 radical (unpaired) electrons. The van der Waals surface area contributed by atoms with Crippen molar-refractivity contribution in [2.45, 2.75) is 0 Å². The summed E-state index contributed by atoms with van der Waals surface area (Å²) in [5.74, 6) is 0.484. The molecular formula is C20H11Cl5N2O2S. The first kappa shape index (κ1) is 22.9. The maximum absolute atomic E-state index is 12.1. The van der Waals surface area contributed by atoms with Crippen LogP contribution >= 0.6 is 70.2 Å². The zero-order valence-corrected chi connectivity index (χ0v) is 19.4. The number of amides is 1. The number of carbonyl (C=O) groups excluding carboxylic acids is 1. The summed E-state index contributed by atoms with van der Waals surface area (Å²) in [5.41, 5.74) is 0.987. The third-order valence-corrected chi connectivity index (χ3v) is 5.56. The van der Waals surface area contributed by atoms with Gasteiger partial charge in [-0.05, 0) is 54.7 Å². The van der Waals surface area contributed by atoms with Gasteiger partial charge in [-0.3, -0.25) is 10.1 Å². The Bertz CT molecular complexity index is 1140. The molecule has 2 N–H and O–H groups in total. The highest BCUT2D eigenvalue weighted by molar-refractivity contribution is 7.80. The first-order valence-electron chi connectivity index (χ1n) is 8.23. The molecule has 0 aliphatic rings. The molecule has 0 spiro atoms. The van der Waals surface area contributed by atoms with Gasteiger partial charge in [-0.1, -0.05) is 64.1 Å². The third-order valence-electron chi connectivity index (χ3n) is 3.72. The normalized spacial score (nSPS) is 11.0. The topological polar surface area (TPSA) is 54.3 Å². The molecule has 0 saturated carbocycles. The van der Waals surface area contributed by atoms with Crippen molar-refractivity contribution in [1.29, 1.82) is 0 Å².